The summed E-state index contributed by atoms with van der Waals surface area (Å²) in [6, 6.07) is 30.6. The summed E-state index contributed by atoms with van der Waals surface area (Å²) >= 11 is 9.65. The minimum atomic E-state index is -4.16. The standard InChI is InChI=1S/C35H35BrClN3O4S/c36-28-13-9-12-27(22-28)24-39(33(23-26-10-3-1-4-11-26)35(42)38-30-14-7-8-15-30)34(41)25-40(31-20-18-29(37)19-21-31)45(43,44)32-16-5-2-6-17-32/h1-6,9-13,16-22,30,33H,7-8,14-15,23-25H2,(H,38,42). The average molecular weight is 709 g/mol. The van der Waals surface area contributed by atoms with Gasteiger partial charge in [0.1, 0.15) is 12.6 Å². The van der Waals surface area contributed by atoms with Crippen molar-refractivity contribution < 1.29 is 18.0 Å². The summed E-state index contributed by atoms with van der Waals surface area (Å²) in [6.45, 7) is -0.414. The molecule has 1 aliphatic rings. The summed E-state index contributed by atoms with van der Waals surface area (Å²) in [6.07, 6.45) is 4.14. The Morgan fingerprint density at radius 3 is 2.11 bits per heavy atom. The Morgan fingerprint density at radius 2 is 1.47 bits per heavy atom. The number of sulfonamides is 1. The van der Waals surface area contributed by atoms with Crippen LogP contribution in [0.4, 0.5) is 5.69 Å². The van der Waals surface area contributed by atoms with E-state index in [0.717, 1.165) is 45.6 Å². The Balaban J connectivity index is 1.56. The molecule has 1 atom stereocenters. The van der Waals surface area contributed by atoms with Crippen LogP contribution in [0.2, 0.25) is 5.02 Å². The molecule has 2 amide bonds. The number of amides is 2. The largest absolute Gasteiger partial charge is 0.352 e. The molecule has 1 saturated carbocycles. The van der Waals surface area contributed by atoms with Crippen molar-refractivity contribution >= 4 is 55.1 Å². The van der Waals surface area contributed by atoms with E-state index in [1.165, 1.54) is 17.0 Å². The molecular weight excluding hydrogens is 674 g/mol. The van der Waals surface area contributed by atoms with Crippen molar-refractivity contribution in [2.75, 3.05) is 10.8 Å². The molecule has 1 aliphatic carbocycles. The van der Waals surface area contributed by atoms with Gasteiger partial charge in [0.2, 0.25) is 11.8 Å². The molecule has 0 heterocycles. The minimum Gasteiger partial charge on any atom is -0.352 e. The normalized spacial score (nSPS) is 14.1. The van der Waals surface area contributed by atoms with Crippen molar-refractivity contribution in [2.24, 2.45) is 0 Å². The second-order valence-electron chi connectivity index (χ2n) is 11.1. The third kappa shape index (κ3) is 8.54. The highest BCUT2D eigenvalue weighted by Crippen LogP contribution is 2.27. The Labute approximate surface area is 278 Å². The monoisotopic (exact) mass is 707 g/mol. The van der Waals surface area contributed by atoms with E-state index in [0.29, 0.717) is 5.02 Å². The second-order valence-corrected chi connectivity index (χ2v) is 14.4. The Bertz CT molecular complexity index is 1700. The molecule has 45 heavy (non-hydrogen) atoms. The van der Waals surface area contributed by atoms with Gasteiger partial charge in [-0.1, -0.05) is 101 Å². The fraction of sp³-hybridized carbons (Fsp3) is 0.257. The van der Waals surface area contributed by atoms with E-state index in [2.05, 4.69) is 21.2 Å². The van der Waals surface area contributed by atoms with E-state index in [1.54, 1.807) is 42.5 Å². The lowest BCUT2D eigenvalue weighted by Crippen LogP contribution is -2.54. The number of hydrogen-bond acceptors (Lipinski definition) is 4. The predicted octanol–water partition coefficient (Wildman–Crippen LogP) is 7.00. The van der Waals surface area contributed by atoms with Crippen molar-refractivity contribution in [1.29, 1.82) is 0 Å². The third-order valence-electron chi connectivity index (χ3n) is 7.94. The smallest absolute Gasteiger partial charge is 0.264 e. The molecule has 0 bridgehead atoms. The topological polar surface area (TPSA) is 86.8 Å². The summed E-state index contributed by atoms with van der Waals surface area (Å²) in [5.74, 6) is -0.759. The molecule has 7 nitrogen and oxygen atoms in total. The number of nitrogens with one attached hydrogen (secondary N) is 1. The molecule has 4 aromatic rings. The first-order valence-corrected chi connectivity index (χ1v) is 17.5. The van der Waals surface area contributed by atoms with Gasteiger partial charge in [-0.05, 0) is 72.5 Å². The van der Waals surface area contributed by atoms with Gasteiger partial charge in [0.15, 0.2) is 0 Å². The Kier molecular flexibility index (Phi) is 11.0. The number of rotatable bonds is 12. The van der Waals surface area contributed by atoms with E-state index >= 15 is 0 Å². The number of carbonyl (C=O) groups is 2. The fourth-order valence-electron chi connectivity index (χ4n) is 5.61. The maximum absolute atomic E-state index is 14.5. The molecule has 234 valence electrons. The lowest BCUT2D eigenvalue weighted by molar-refractivity contribution is -0.140. The molecule has 0 aliphatic heterocycles. The van der Waals surface area contributed by atoms with Gasteiger partial charge in [-0.3, -0.25) is 13.9 Å². The Hall–Kier alpha value is -3.66. The number of hydrogen-bond donors (Lipinski definition) is 1. The molecule has 0 radical (unpaired) electrons. The van der Waals surface area contributed by atoms with Crippen molar-refractivity contribution in [2.45, 2.75) is 55.6 Å². The van der Waals surface area contributed by atoms with Crippen LogP contribution >= 0.6 is 27.5 Å². The molecule has 0 aromatic heterocycles. The number of carbonyl (C=O) groups excluding carboxylic acids is 2. The number of benzene rings is 4. The summed E-state index contributed by atoms with van der Waals surface area (Å²) < 4.78 is 30.0. The van der Waals surface area contributed by atoms with Crippen molar-refractivity contribution in [3.63, 3.8) is 0 Å². The van der Waals surface area contributed by atoms with Gasteiger partial charge in [0.25, 0.3) is 10.0 Å². The number of anilines is 1. The fourth-order valence-corrected chi connectivity index (χ4v) is 7.62. The van der Waals surface area contributed by atoms with E-state index in [9.17, 15) is 18.0 Å². The van der Waals surface area contributed by atoms with Crippen LogP contribution in [0.1, 0.15) is 36.8 Å². The van der Waals surface area contributed by atoms with E-state index in [4.69, 9.17) is 11.6 Å². The molecule has 0 spiro atoms. The van der Waals surface area contributed by atoms with Crippen LogP contribution in [-0.2, 0) is 32.6 Å². The van der Waals surface area contributed by atoms with E-state index < -0.39 is 28.5 Å². The van der Waals surface area contributed by atoms with Crippen LogP contribution in [0.15, 0.2) is 119 Å². The molecule has 5 rings (SSSR count). The quantitative estimate of drug-likeness (QED) is 0.172. The molecule has 4 aromatic carbocycles. The van der Waals surface area contributed by atoms with Crippen LogP contribution in [0, 0.1) is 0 Å². The second kappa shape index (κ2) is 15.1. The van der Waals surface area contributed by atoms with Gasteiger partial charge in [0, 0.05) is 28.5 Å². The molecule has 1 N–H and O–H groups in total. The predicted molar refractivity (Wildman–Crippen MR) is 181 cm³/mol. The van der Waals surface area contributed by atoms with Crippen LogP contribution in [0.3, 0.4) is 0 Å². The van der Waals surface area contributed by atoms with Crippen LogP contribution in [0.25, 0.3) is 0 Å². The molecular formula is C35H35BrClN3O4S. The highest BCUT2D eigenvalue weighted by Gasteiger charge is 2.35. The zero-order valence-electron chi connectivity index (χ0n) is 24.7. The first-order valence-electron chi connectivity index (χ1n) is 14.9. The van der Waals surface area contributed by atoms with Gasteiger partial charge in [-0.25, -0.2) is 8.42 Å². The van der Waals surface area contributed by atoms with Gasteiger partial charge >= 0.3 is 0 Å². The number of halogens is 2. The van der Waals surface area contributed by atoms with Crippen molar-refractivity contribution in [3.8, 4) is 0 Å². The summed E-state index contributed by atoms with van der Waals surface area (Å²) in [7, 11) is -4.16. The maximum Gasteiger partial charge on any atom is 0.264 e. The molecule has 10 heteroatoms. The summed E-state index contributed by atoms with van der Waals surface area (Å²) in [4.78, 5) is 30.2. The Morgan fingerprint density at radius 1 is 0.844 bits per heavy atom. The summed E-state index contributed by atoms with van der Waals surface area (Å²) in [5, 5.41) is 3.63. The molecule has 0 saturated heterocycles. The maximum atomic E-state index is 14.5. The first kappa shape index (κ1) is 32.7. The SMILES string of the molecule is O=C(NC1CCCC1)C(Cc1ccccc1)N(Cc1cccc(Br)c1)C(=O)CN(c1ccc(Cl)cc1)S(=O)(=O)c1ccccc1. The first-order chi connectivity index (χ1) is 21.7. The van der Waals surface area contributed by atoms with E-state index in [1.807, 2.05) is 54.6 Å². The van der Waals surface area contributed by atoms with Crippen molar-refractivity contribution in [3.05, 3.63) is 130 Å². The van der Waals surface area contributed by atoms with Crippen LogP contribution < -0.4 is 9.62 Å². The van der Waals surface area contributed by atoms with E-state index in [-0.39, 0.29) is 35.5 Å². The highest BCUT2D eigenvalue weighted by molar-refractivity contribution is 9.10. The van der Waals surface area contributed by atoms with Gasteiger partial charge in [-0.2, -0.15) is 0 Å². The minimum absolute atomic E-state index is 0.0441. The van der Waals surface area contributed by atoms with Gasteiger partial charge < -0.3 is 10.2 Å². The zero-order valence-corrected chi connectivity index (χ0v) is 27.8. The number of nitrogens with zero attached hydrogens (tertiary/aromatic N) is 2. The van der Waals surface area contributed by atoms with Gasteiger partial charge in [-0.15, -0.1) is 0 Å². The highest BCUT2D eigenvalue weighted by atomic mass is 79.9. The molecule has 1 fully saturated rings. The van der Waals surface area contributed by atoms with Crippen molar-refractivity contribution in [1.82, 2.24) is 10.2 Å². The van der Waals surface area contributed by atoms with Crippen LogP contribution in [0.5, 0.6) is 0 Å². The average Bonchev–Trinajstić information content (AvgIpc) is 3.56. The third-order valence-corrected chi connectivity index (χ3v) is 10.5. The lowest BCUT2D eigenvalue weighted by atomic mass is 10.0. The van der Waals surface area contributed by atoms with Gasteiger partial charge in [0.05, 0.1) is 10.6 Å². The molecule has 1 unspecified atom stereocenters. The zero-order chi connectivity index (χ0) is 31.8. The summed E-state index contributed by atoms with van der Waals surface area (Å²) in [5.41, 5.74) is 1.98. The lowest BCUT2D eigenvalue weighted by Gasteiger charge is -2.34. The van der Waals surface area contributed by atoms with Crippen LogP contribution in [-0.4, -0.2) is 43.8 Å².